The van der Waals surface area contributed by atoms with Crippen LogP contribution in [0.25, 0.3) is 0 Å². The van der Waals surface area contributed by atoms with E-state index in [1.807, 2.05) is 0 Å². The van der Waals surface area contributed by atoms with Crippen molar-refractivity contribution in [2.24, 2.45) is 0 Å². The van der Waals surface area contributed by atoms with Crippen LogP contribution in [0.3, 0.4) is 0 Å². The van der Waals surface area contributed by atoms with Gasteiger partial charge in [-0.2, -0.15) is 0 Å². The molecule has 1 amide bonds. The molecule has 152 valence electrons. The zero-order valence-corrected chi connectivity index (χ0v) is 16.9. The maximum atomic E-state index is 14.5. The van der Waals surface area contributed by atoms with Gasteiger partial charge in [-0.15, -0.1) is 0 Å². The molecule has 0 bridgehead atoms. The number of amides is 1. The number of ether oxygens (including phenoxy) is 1. The molecule has 0 spiro atoms. The third-order valence-corrected chi connectivity index (χ3v) is 5.97. The number of hydrogen-bond acceptors (Lipinski definition) is 4. The number of sulfone groups is 1. The monoisotopic (exact) mass is 427 g/mol. The van der Waals surface area contributed by atoms with Gasteiger partial charge in [0.2, 0.25) is 0 Å². The van der Waals surface area contributed by atoms with Gasteiger partial charge >= 0.3 is 6.09 Å². The lowest BCUT2D eigenvalue weighted by molar-refractivity contribution is -0.00125. The van der Waals surface area contributed by atoms with E-state index in [4.69, 9.17) is 16.3 Å². The summed E-state index contributed by atoms with van der Waals surface area (Å²) in [5.41, 5.74) is -1.03. The Morgan fingerprint density at radius 1 is 1.37 bits per heavy atom. The van der Waals surface area contributed by atoms with E-state index in [0.29, 0.717) is 11.2 Å². The summed E-state index contributed by atoms with van der Waals surface area (Å²) in [6.07, 6.45) is -0.856. The van der Waals surface area contributed by atoms with Gasteiger partial charge in [-0.3, -0.25) is 4.90 Å². The molecule has 2 atom stereocenters. The average molecular weight is 428 g/mol. The highest BCUT2D eigenvalue weighted by atomic mass is 35.5. The van der Waals surface area contributed by atoms with Crippen molar-refractivity contribution in [2.45, 2.75) is 50.0 Å². The lowest BCUT2D eigenvalue weighted by Gasteiger charge is -2.29. The van der Waals surface area contributed by atoms with Crippen LogP contribution in [0.1, 0.15) is 26.3 Å². The van der Waals surface area contributed by atoms with Crippen LogP contribution in [0, 0.1) is 5.82 Å². The first-order valence-corrected chi connectivity index (χ1v) is 10.5. The summed E-state index contributed by atoms with van der Waals surface area (Å²) in [5, 5.41) is -2.41. The van der Waals surface area contributed by atoms with Crippen molar-refractivity contribution >= 4 is 27.5 Å². The average Bonchev–Trinajstić information content (AvgIpc) is 2.73. The number of likely N-dealkylation sites (tertiary alicyclic amines) is 1. The zero-order chi connectivity index (χ0) is 20.8. The molecule has 0 saturated carbocycles. The Kier molecular flexibility index (Phi) is 5.79. The first-order chi connectivity index (χ1) is 12.1. The molecule has 1 aromatic rings. The standard InChI is InChI=1S/C17H21ClF3NO4S/c1-16(2,3)26-15(23)22-9-17(20,21)14(27(4,24)25)12(22)8-10-6-5-7-11(18)13(10)19/h5-7,12,14H,8-9H2,1-4H3/t12-,14+/m0/s1. The number of benzene rings is 1. The highest BCUT2D eigenvalue weighted by Crippen LogP contribution is 2.39. The van der Waals surface area contributed by atoms with Crippen molar-refractivity contribution in [3.63, 3.8) is 0 Å². The second-order valence-corrected chi connectivity index (χ2v) is 10.2. The summed E-state index contributed by atoms with van der Waals surface area (Å²) < 4.78 is 72.6. The minimum absolute atomic E-state index is 0.0626. The molecule has 1 heterocycles. The lowest BCUT2D eigenvalue weighted by Crippen LogP contribution is -2.47. The second kappa shape index (κ2) is 7.16. The Bertz CT molecular complexity index is 839. The first kappa shape index (κ1) is 21.8. The number of hydrogen-bond donors (Lipinski definition) is 0. The largest absolute Gasteiger partial charge is 0.444 e. The van der Waals surface area contributed by atoms with Gasteiger partial charge in [0, 0.05) is 6.26 Å². The van der Waals surface area contributed by atoms with Crippen LogP contribution in [0.2, 0.25) is 5.02 Å². The van der Waals surface area contributed by atoms with Gasteiger partial charge in [0.1, 0.15) is 16.7 Å². The first-order valence-electron chi connectivity index (χ1n) is 8.12. The third kappa shape index (κ3) is 4.87. The summed E-state index contributed by atoms with van der Waals surface area (Å²) >= 11 is 5.72. The van der Waals surface area contributed by atoms with Gasteiger partial charge in [-0.1, -0.05) is 23.7 Å². The van der Waals surface area contributed by atoms with E-state index >= 15 is 0 Å². The van der Waals surface area contributed by atoms with Crippen molar-refractivity contribution in [3.05, 3.63) is 34.6 Å². The van der Waals surface area contributed by atoms with Crippen LogP contribution in [-0.4, -0.2) is 55.0 Å². The summed E-state index contributed by atoms with van der Waals surface area (Å²) in [6.45, 7) is 3.53. The highest BCUT2D eigenvalue weighted by Gasteiger charge is 2.61. The fourth-order valence-electron chi connectivity index (χ4n) is 3.15. The Labute approximate surface area is 161 Å². The normalized spacial score (nSPS) is 22.7. The van der Waals surface area contributed by atoms with Crippen molar-refractivity contribution in [1.82, 2.24) is 4.90 Å². The Hall–Kier alpha value is -1.48. The molecule has 1 aliphatic rings. The summed E-state index contributed by atoms with van der Waals surface area (Å²) in [5.74, 6) is -4.55. The van der Waals surface area contributed by atoms with E-state index in [2.05, 4.69) is 0 Å². The highest BCUT2D eigenvalue weighted by molar-refractivity contribution is 7.91. The second-order valence-electron chi connectivity index (χ2n) is 7.60. The zero-order valence-electron chi connectivity index (χ0n) is 15.3. The van der Waals surface area contributed by atoms with E-state index in [0.717, 1.165) is 0 Å². The molecule has 10 heteroatoms. The van der Waals surface area contributed by atoms with Crippen molar-refractivity contribution in [1.29, 1.82) is 0 Å². The Morgan fingerprint density at radius 2 is 1.96 bits per heavy atom. The number of nitrogens with zero attached hydrogens (tertiary/aromatic N) is 1. The Morgan fingerprint density at radius 3 is 2.48 bits per heavy atom. The lowest BCUT2D eigenvalue weighted by atomic mass is 10.0. The fraction of sp³-hybridized carbons (Fsp3) is 0.588. The molecule has 0 unspecified atom stereocenters. The Balaban J connectivity index is 2.49. The van der Waals surface area contributed by atoms with Crippen LogP contribution >= 0.6 is 11.6 Å². The van der Waals surface area contributed by atoms with Crippen LogP contribution in [0.15, 0.2) is 18.2 Å². The molecule has 2 rings (SSSR count). The molecule has 1 aliphatic heterocycles. The van der Waals surface area contributed by atoms with Crippen LogP contribution in [-0.2, 0) is 21.0 Å². The minimum Gasteiger partial charge on any atom is -0.444 e. The van der Waals surface area contributed by atoms with Gasteiger partial charge in [0.25, 0.3) is 5.92 Å². The molecule has 1 fully saturated rings. The number of alkyl halides is 2. The molecule has 1 aromatic carbocycles. The van der Waals surface area contributed by atoms with Crippen LogP contribution in [0.5, 0.6) is 0 Å². The summed E-state index contributed by atoms with van der Waals surface area (Å²) in [6, 6.07) is 2.51. The topological polar surface area (TPSA) is 63.7 Å². The maximum Gasteiger partial charge on any atom is 0.410 e. The van der Waals surface area contributed by atoms with E-state index in [1.165, 1.54) is 18.2 Å². The van der Waals surface area contributed by atoms with Crippen molar-refractivity contribution in [3.8, 4) is 0 Å². The predicted octanol–water partition coefficient (Wildman–Crippen LogP) is 3.69. The minimum atomic E-state index is -4.27. The fourth-order valence-corrected chi connectivity index (χ4v) is 4.86. The van der Waals surface area contributed by atoms with Crippen molar-refractivity contribution < 1.29 is 31.1 Å². The van der Waals surface area contributed by atoms with Crippen LogP contribution < -0.4 is 0 Å². The molecule has 0 aromatic heterocycles. The molecule has 0 N–H and O–H groups in total. The van der Waals surface area contributed by atoms with E-state index < -0.39 is 57.5 Å². The SMILES string of the molecule is CC(C)(C)OC(=O)N1CC(F)(F)[C@H](S(C)(=O)=O)[C@@H]1Cc1cccc(Cl)c1F. The molecule has 0 radical (unpaired) electrons. The predicted molar refractivity (Wildman–Crippen MR) is 95.4 cm³/mol. The smallest absolute Gasteiger partial charge is 0.410 e. The third-order valence-electron chi connectivity index (χ3n) is 4.10. The number of rotatable bonds is 3. The van der Waals surface area contributed by atoms with Crippen molar-refractivity contribution in [2.75, 3.05) is 12.8 Å². The summed E-state index contributed by atoms with van der Waals surface area (Å²) in [4.78, 5) is 13.1. The molecular formula is C17H21ClF3NO4S. The molecule has 5 nitrogen and oxygen atoms in total. The van der Waals surface area contributed by atoms with Gasteiger partial charge < -0.3 is 4.74 Å². The number of carbonyl (C=O) groups is 1. The molecule has 27 heavy (non-hydrogen) atoms. The van der Waals surface area contributed by atoms with E-state index in [9.17, 15) is 26.4 Å². The van der Waals surface area contributed by atoms with E-state index in [-0.39, 0.29) is 10.6 Å². The molecule has 1 saturated heterocycles. The summed E-state index contributed by atoms with van der Waals surface area (Å²) in [7, 11) is -4.27. The number of carbonyl (C=O) groups excluding carboxylic acids is 1. The molecule has 0 aliphatic carbocycles. The quantitative estimate of drug-likeness (QED) is 0.738. The van der Waals surface area contributed by atoms with Crippen LogP contribution in [0.4, 0.5) is 18.0 Å². The van der Waals surface area contributed by atoms with Gasteiger partial charge in [0.05, 0.1) is 17.6 Å². The number of halogens is 4. The molecular weight excluding hydrogens is 407 g/mol. The van der Waals surface area contributed by atoms with Gasteiger partial charge in [-0.25, -0.2) is 26.4 Å². The maximum absolute atomic E-state index is 14.5. The van der Waals surface area contributed by atoms with Gasteiger partial charge in [-0.05, 0) is 38.8 Å². The van der Waals surface area contributed by atoms with E-state index in [1.54, 1.807) is 20.8 Å². The van der Waals surface area contributed by atoms with Gasteiger partial charge in [0.15, 0.2) is 9.84 Å².